The molecule has 0 aromatic heterocycles. The molecule has 7 nitrogen and oxygen atoms in total. The first-order valence-corrected chi connectivity index (χ1v) is 6.68. The van der Waals surface area contributed by atoms with Gasteiger partial charge in [0.15, 0.2) is 0 Å². The third kappa shape index (κ3) is 4.88. The van der Waals surface area contributed by atoms with E-state index in [9.17, 15) is 13.2 Å². The third-order valence-corrected chi connectivity index (χ3v) is 3.23. The smallest absolute Gasteiger partial charge is 0.274 e. The van der Waals surface area contributed by atoms with Gasteiger partial charge in [0.25, 0.3) is 10.2 Å². The summed E-state index contributed by atoms with van der Waals surface area (Å²) in [5.74, 6) is -0.0298. The molecule has 4 N–H and O–H groups in total. The average molecular weight is 250 g/mol. The van der Waals surface area contributed by atoms with E-state index in [0.717, 1.165) is 0 Å². The molecule has 1 amide bonds. The minimum atomic E-state index is -3.62. The van der Waals surface area contributed by atoms with E-state index >= 15 is 0 Å². The number of carbonyl (C=O) groups is 1. The molecule has 0 radical (unpaired) electrons. The number of likely N-dealkylation sites (tertiary alicyclic amines) is 1. The van der Waals surface area contributed by atoms with Crippen LogP contribution in [0.5, 0.6) is 0 Å². The second-order valence-corrected chi connectivity index (χ2v) is 5.21. The number of hydrogen-bond donors (Lipinski definition) is 3. The number of amides is 1. The van der Waals surface area contributed by atoms with Crippen molar-refractivity contribution in [3.05, 3.63) is 0 Å². The number of carbonyl (C=O) groups excluding carboxylic acids is 1. The third-order valence-electron chi connectivity index (χ3n) is 2.56. The molecule has 1 fully saturated rings. The Labute approximate surface area is 95.5 Å². The van der Waals surface area contributed by atoms with Crippen LogP contribution in [0.2, 0.25) is 0 Å². The Morgan fingerprint density at radius 1 is 1.44 bits per heavy atom. The zero-order valence-corrected chi connectivity index (χ0v) is 10.1. The molecule has 0 unspecified atom stereocenters. The molecular weight excluding hydrogens is 232 g/mol. The molecule has 0 bridgehead atoms. The van der Waals surface area contributed by atoms with Crippen LogP contribution in [-0.4, -0.2) is 51.9 Å². The van der Waals surface area contributed by atoms with E-state index in [1.54, 1.807) is 7.05 Å². The maximum absolute atomic E-state index is 11.1. The van der Waals surface area contributed by atoms with Gasteiger partial charge in [0.05, 0.1) is 6.54 Å². The Hall–Kier alpha value is -0.700. The summed E-state index contributed by atoms with van der Waals surface area (Å²) in [6, 6.07) is -0.115. The molecule has 0 aliphatic carbocycles. The van der Waals surface area contributed by atoms with Crippen LogP contribution < -0.4 is 15.2 Å². The molecule has 1 aliphatic heterocycles. The minimum absolute atomic E-state index is 0.0298. The summed E-state index contributed by atoms with van der Waals surface area (Å²) in [5, 5.41) is 7.44. The van der Waals surface area contributed by atoms with Crippen molar-refractivity contribution in [3.63, 3.8) is 0 Å². The highest BCUT2D eigenvalue weighted by molar-refractivity contribution is 7.87. The summed E-state index contributed by atoms with van der Waals surface area (Å²) in [6.45, 7) is 1.75. The first-order chi connectivity index (χ1) is 7.40. The van der Waals surface area contributed by atoms with Gasteiger partial charge in [-0.3, -0.25) is 9.69 Å². The molecule has 1 heterocycles. The van der Waals surface area contributed by atoms with Gasteiger partial charge in [-0.1, -0.05) is 0 Å². The molecule has 0 spiro atoms. The van der Waals surface area contributed by atoms with Crippen molar-refractivity contribution >= 4 is 16.1 Å². The summed E-state index contributed by atoms with van der Waals surface area (Å²) >= 11 is 0. The quantitative estimate of drug-likeness (QED) is 0.536. The molecular formula is C8H18N4O3S. The highest BCUT2D eigenvalue weighted by Crippen LogP contribution is 2.10. The second-order valence-electron chi connectivity index (χ2n) is 3.89. The molecule has 0 aromatic rings. The van der Waals surface area contributed by atoms with Gasteiger partial charge in [-0.05, 0) is 12.8 Å². The fourth-order valence-electron chi connectivity index (χ4n) is 1.72. The Balaban J connectivity index is 2.31. The maximum Gasteiger partial charge on any atom is 0.274 e. The molecule has 1 rings (SSSR count). The average Bonchev–Trinajstić information content (AvgIpc) is 2.18. The topological polar surface area (TPSA) is 105 Å². The predicted molar refractivity (Wildman–Crippen MR) is 59.8 cm³/mol. The second kappa shape index (κ2) is 5.58. The lowest BCUT2D eigenvalue weighted by molar-refractivity contribution is -0.122. The largest absolute Gasteiger partial charge is 0.358 e. The summed E-state index contributed by atoms with van der Waals surface area (Å²) in [5.41, 5.74) is 0. The zero-order chi connectivity index (χ0) is 12.2. The van der Waals surface area contributed by atoms with Gasteiger partial charge >= 0.3 is 0 Å². The molecule has 94 valence electrons. The predicted octanol–water partition coefficient (Wildman–Crippen LogP) is -2.01. The van der Waals surface area contributed by atoms with Gasteiger partial charge in [-0.2, -0.15) is 13.1 Å². The van der Waals surface area contributed by atoms with Crippen molar-refractivity contribution in [3.8, 4) is 0 Å². The number of likely N-dealkylation sites (N-methyl/N-ethyl adjacent to an activating group) is 1. The number of hydrogen-bond acceptors (Lipinski definition) is 4. The zero-order valence-electron chi connectivity index (χ0n) is 9.27. The molecule has 0 saturated carbocycles. The summed E-state index contributed by atoms with van der Waals surface area (Å²) in [6.07, 6.45) is 1.35. The van der Waals surface area contributed by atoms with Crippen molar-refractivity contribution in [2.24, 2.45) is 5.14 Å². The van der Waals surface area contributed by atoms with E-state index in [1.807, 2.05) is 4.90 Å². The molecule has 0 atom stereocenters. The van der Waals surface area contributed by atoms with Crippen molar-refractivity contribution < 1.29 is 13.2 Å². The lowest BCUT2D eigenvalue weighted by atomic mass is 10.1. The summed E-state index contributed by atoms with van der Waals surface area (Å²) < 4.78 is 24.0. The molecule has 16 heavy (non-hydrogen) atoms. The van der Waals surface area contributed by atoms with E-state index in [2.05, 4.69) is 10.0 Å². The van der Waals surface area contributed by atoms with Crippen molar-refractivity contribution in [2.45, 2.75) is 18.9 Å². The Kier molecular flexibility index (Phi) is 4.66. The van der Waals surface area contributed by atoms with Gasteiger partial charge in [0.2, 0.25) is 5.91 Å². The molecule has 1 saturated heterocycles. The highest BCUT2D eigenvalue weighted by Gasteiger charge is 2.22. The van der Waals surface area contributed by atoms with Crippen molar-refractivity contribution in [1.29, 1.82) is 0 Å². The standard InChI is InChI=1S/C8H18N4O3S/c1-10-8(13)6-12-4-2-7(3-5-12)11-16(9,14)15/h7,11H,2-6H2,1H3,(H,10,13)(H2,9,14,15). The van der Waals surface area contributed by atoms with E-state index in [-0.39, 0.29) is 11.9 Å². The first kappa shape index (κ1) is 13.4. The van der Waals surface area contributed by atoms with Gasteiger partial charge in [0, 0.05) is 26.2 Å². The monoisotopic (exact) mass is 250 g/mol. The molecule has 1 aliphatic rings. The van der Waals surface area contributed by atoms with E-state index in [0.29, 0.717) is 32.5 Å². The minimum Gasteiger partial charge on any atom is -0.358 e. The van der Waals surface area contributed by atoms with E-state index < -0.39 is 10.2 Å². The van der Waals surface area contributed by atoms with E-state index in [4.69, 9.17) is 5.14 Å². The van der Waals surface area contributed by atoms with Crippen molar-refractivity contribution in [1.82, 2.24) is 14.9 Å². The van der Waals surface area contributed by atoms with Crippen molar-refractivity contribution in [2.75, 3.05) is 26.7 Å². The SMILES string of the molecule is CNC(=O)CN1CCC(NS(N)(=O)=O)CC1. The van der Waals surface area contributed by atoms with Crippen LogP contribution in [0, 0.1) is 0 Å². The summed E-state index contributed by atoms with van der Waals surface area (Å²) in [4.78, 5) is 13.1. The lowest BCUT2D eigenvalue weighted by Crippen LogP contribution is -2.48. The Bertz CT molecular complexity index is 335. The Morgan fingerprint density at radius 3 is 2.44 bits per heavy atom. The Morgan fingerprint density at radius 2 is 2.00 bits per heavy atom. The van der Waals surface area contributed by atoms with Gasteiger partial charge < -0.3 is 5.32 Å². The van der Waals surface area contributed by atoms with Crippen LogP contribution >= 0.6 is 0 Å². The van der Waals surface area contributed by atoms with Crippen LogP contribution in [0.15, 0.2) is 0 Å². The number of piperidine rings is 1. The van der Waals surface area contributed by atoms with E-state index in [1.165, 1.54) is 0 Å². The summed E-state index contributed by atoms with van der Waals surface area (Å²) in [7, 11) is -2.02. The fraction of sp³-hybridized carbons (Fsp3) is 0.875. The number of nitrogens with zero attached hydrogens (tertiary/aromatic N) is 1. The fourth-order valence-corrected chi connectivity index (χ4v) is 2.42. The number of nitrogens with two attached hydrogens (primary N) is 1. The maximum atomic E-state index is 11.1. The van der Waals surface area contributed by atoms with Crippen LogP contribution in [0.1, 0.15) is 12.8 Å². The normalized spacial score (nSPS) is 19.6. The molecule has 8 heteroatoms. The highest BCUT2D eigenvalue weighted by atomic mass is 32.2. The van der Waals surface area contributed by atoms with Gasteiger partial charge in [0.1, 0.15) is 0 Å². The number of nitrogens with one attached hydrogen (secondary N) is 2. The van der Waals surface area contributed by atoms with Crippen LogP contribution in [0.25, 0.3) is 0 Å². The van der Waals surface area contributed by atoms with Crippen LogP contribution in [0.3, 0.4) is 0 Å². The van der Waals surface area contributed by atoms with Crippen LogP contribution in [-0.2, 0) is 15.0 Å². The van der Waals surface area contributed by atoms with Gasteiger partial charge in [-0.15, -0.1) is 0 Å². The molecule has 0 aromatic carbocycles. The van der Waals surface area contributed by atoms with Gasteiger partial charge in [-0.25, -0.2) is 5.14 Å². The first-order valence-electron chi connectivity index (χ1n) is 5.13. The lowest BCUT2D eigenvalue weighted by Gasteiger charge is -2.31. The number of rotatable bonds is 4. The van der Waals surface area contributed by atoms with Crippen LogP contribution in [0.4, 0.5) is 0 Å².